The highest BCUT2D eigenvalue weighted by molar-refractivity contribution is 8.18. The van der Waals surface area contributed by atoms with Gasteiger partial charge in [-0.05, 0) is 96.9 Å². The van der Waals surface area contributed by atoms with Gasteiger partial charge in [-0.25, -0.2) is 4.79 Å². The molecular formula is C28H24N2O6S. The maximum atomic E-state index is 12.8. The Bertz CT molecular complexity index is 1400. The number of thioether (sulfide) groups is 1. The van der Waals surface area contributed by atoms with Gasteiger partial charge in [0.1, 0.15) is 18.0 Å². The van der Waals surface area contributed by atoms with Gasteiger partial charge in [0.2, 0.25) is 5.91 Å². The summed E-state index contributed by atoms with van der Waals surface area (Å²) in [7, 11) is 1.54. The number of ether oxygens (including phenoxy) is 2. The molecule has 1 saturated heterocycles. The first-order valence-electron chi connectivity index (χ1n) is 11.3. The molecule has 0 saturated carbocycles. The van der Waals surface area contributed by atoms with E-state index in [0.717, 1.165) is 27.8 Å². The number of esters is 1. The van der Waals surface area contributed by atoms with Gasteiger partial charge in [0.25, 0.3) is 11.1 Å². The molecule has 0 atom stereocenters. The average Bonchev–Trinajstić information content (AvgIpc) is 3.14. The molecular weight excluding hydrogens is 492 g/mol. The minimum absolute atomic E-state index is 0.201. The van der Waals surface area contributed by atoms with E-state index in [2.05, 4.69) is 5.32 Å². The van der Waals surface area contributed by atoms with Crippen LogP contribution in [0, 0.1) is 13.8 Å². The topological polar surface area (TPSA) is 102 Å². The lowest BCUT2D eigenvalue weighted by molar-refractivity contribution is -0.127. The van der Waals surface area contributed by atoms with E-state index in [9.17, 15) is 19.2 Å². The summed E-state index contributed by atoms with van der Waals surface area (Å²) in [5.74, 6) is -0.563. The van der Waals surface area contributed by atoms with E-state index in [1.807, 2.05) is 26.0 Å². The van der Waals surface area contributed by atoms with Gasteiger partial charge in [0.15, 0.2) is 0 Å². The first kappa shape index (κ1) is 25.7. The van der Waals surface area contributed by atoms with Crippen molar-refractivity contribution < 1.29 is 28.7 Å². The first-order valence-corrected chi connectivity index (χ1v) is 12.1. The van der Waals surface area contributed by atoms with Gasteiger partial charge in [-0.15, -0.1) is 0 Å². The van der Waals surface area contributed by atoms with Crippen LogP contribution >= 0.6 is 11.8 Å². The van der Waals surface area contributed by atoms with E-state index < -0.39 is 23.0 Å². The Morgan fingerprint density at radius 3 is 2.24 bits per heavy atom. The molecule has 3 aromatic carbocycles. The van der Waals surface area contributed by atoms with Gasteiger partial charge in [-0.1, -0.05) is 18.2 Å². The number of nitrogens with zero attached hydrogens (tertiary/aromatic N) is 1. The molecule has 3 amide bonds. The van der Waals surface area contributed by atoms with E-state index in [0.29, 0.717) is 28.3 Å². The third-order valence-electron chi connectivity index (χ3n) is 5.68. The number of benzene rings is 3. The van der Waals surface area contributed by atoms with Crippen molar-refractivity contribution in [1.29, 1.82) is 0 Å². The SMILES string of the molecule is COc1ccc(C(=O)Oc2ccc(/C=C3/SC(=O)N(CC(=O)Nc4ccc(C)c(C)c4)C3=O)cc2)cc1. The third-order valence-corrected chi connectivity index (χ3v) is 6.59. The van der Waals surface area contributed by atoms with Crippen molar-refractivity contribution in [1.82, 2.24) is 4.90 Å². The number of carbonyl (C=O) groups is 4. The summed E-state index contributed by atoms with van der Waals surface area (Å²) in [5, 5.41) is 2.20. The number of amides is 3. The van der Waals surface area contributed by atoms with Crippen molar-refractivity contribution in [2.75, 3.05) is 19.0 Å². The van der Waals surface area contributed by atoms with Gasteiger partial charge in [0, 0.05) is 5.69 Å². The number of aryl methyl sites for hydroxylation is 2. The molecule has 4 rings (SSSR count). The first-order chi connectivity index (χ1) is 17.7. The maximum absolute atomic E-state index is 12.8. The van der Waals surface area contributed by atoms with Crippen molar-refractivity contribution in [3.63, 3.8) is 0 Å². The molecule has 0 aromatic heterocycles. The Balaban J connectivity index is 1.37. The summed E-state index contributed by atoms with van der Waals surface area (Å²) < 4.78 is 10.5. The highest BCUT2D eigenvalue weighted by Gasteiger charge is 2.36. The predicted molar refractivity (Wildman–Crippen MR) is 142 cm³/mol. The molecule has 0 bridgehead atoms. The number of hydrogen-bond donors (Lipinski definition) is 1. The van der Waals surface area contributed by atoms with Gasteiger partial charge in [0.05, 0.1) is 17.6 Å². The fourth-order valence-electron chi connectivity index (χ4n) is 3.48. The summed E-state index contributed by atoms with van der Waals surface area (Å²) in [6.45, 7) is 3.52. The molecule has 0 unspecified atom stereocenters. The molecule has 37 heavy (non-hydrogen) atoms. The number of imide groups is 1. The smallest absolute Gasteiger partial charge is 0.343 e. The van der Waals surface area contributed by atoms with Crippen LogP contribution in [0.5, 0.6) is 11.5 Å². The van der Waals surface area contributed by atoms with E-state index in [1.165, 1.54) is 0 Å². The Labute approximate surface area is 218 Å². The second kappa shape index (κ2) is 11.1. The number of hydrogen-bond acceptors (Lipinski definition) is 7. The van der Waals surface area contributed by atoms with Crippen LogP contribution in [0.25, 0.3) is 6.08 Å². The number of nitrogens with one attached hydrogen (secondary N) is 1. The van der Waals surface area contributed by atoms with Crippen molar-refractivity contribution in [3.05, 3.63) is 93.9 Å². The van der Waals surface area contributed by atoms with Crippen LogP contribution < -0.4 is 14.8 Å². The van der Waals surface area contributed by atoms with Crippen LogP contribution in [0.3, 0.4) is 0 Å². The van der Waals surface area contributed by atoms with Crippen LogP contribution in [-0.2, 0) is 9.59 Å². The van der Waals surface area contributed by atoms with Gasteiger partial charge in [-0.3, -0.25) is 19.3 Å². The molecule has 3 aromatic rings. The monoisotopic (exact) mass is 516 g/mol. The largest absolute Gasteiger partial charge is 0.497 e. The zero-order valence-corrected chi connectivity index (χ0v) is 21.3. The van der Waals surface area contributed by atoms with Crippen LogP contribution in [0.2, 0.25) is 0 Å². The summed E-state index contributed by atoms with van der Waals surface area (Å²) in [6.07, 6.45) is 1.56. The fraction of sp³-hybridized carbons (Fsp3) is 0.143. The van der Waals surface area contributed by atoms with E-state index in [4.69, 9.17) is 9.47 Å². The molecule has 8 nitrogen and oxygen atoms in total. The van der Waals surface area contributed by atoms with Gasteiger partial charge in [-0.2, -0.15) is 0 Å². The summed E-state index contributed by atoms with van der Waals surface area (Å²) in [4.78, 5) is 51.1. The van der Waals surface area contributed by atoms with Crippen molar-refractivity contribution in [2.45, 2.75) is 13.8 Å². The van der Waals surface area contributed by atoms with Crippen LogP contribution in [-0.4, -0.2) is 41.6 Å². The normalized spacial score (nSPS) is 14.1. The standard InChI is InChI=1S/C28H24N2O6S/c1-17-4-9-21(14-18(17)2)29-25(31)16-30-26(32)24(37-28(30)34)15-19-5-10-23(11-6-19)36-27(33)20-7-12-22(35-3)13-8-20/h4-15H,16H2,1-3H3,(H,29,31)/b24-15+. The van der Waals surface area contributed by atoms with Crippen LogP contribution in [0.4, 0.5) is 10.5 Å². The highest BCUT2D eigenvalue weighted by Crippen LogP contribution is 2.32. The lowest BCUT2D eigenvalue weighted by atomic mass is 10.1. The Morgan fingerprint density at radius 1 is 0.919 bits per heavy atom. The molecule has 0 radical (unpaired) electrons. The Kier molecular flexibility index (Phi) is 7.74. The summed E-state index contributed by atoms with van der Waals surface area (Å²) in [6, 6.07) is 18.5. The average molecular weight is 517 g/mol. The van der Waals surface area contributed by atoms with Crippen molar-refractivity contribution in [2.24, 2.45) is 0 Å². The zero-order valence-electron chi connectivity index (χ0n) is 20.4. The number of carbonyl (C=O) groups excluding carboxylic acids is 4. The van der Waals surface area contributed by atoms with Crippen molar-refractivity contribution >= 4 is 46.5 Å². The quantitative estimate of drug-likeness (QED) is 0.261. The van der Waals surface area contributed by atoms with E-state index in [-0.39, 0.29) is 11.4 Å². The molecule has 1 heterocycles. The third kappa shape index (κ3) is 6.25. The number of methoxy groups -OCH3 is 1. The van der Waals surface area contributed by atoms with Crippen molar-refractivity contribution in [3.8, 4) is 11.5 Å². The predicted octanol–water partition coefficient (Wildman–Crippen LogP) is 5.21. The highest BCUT2D eigenvalue weighted by atomic mass is 32.2. The molecule has 0 spiro atoms. The minimum Gasteiger partial charge on any atom is -0.497 e. The Morgan fingerprint density at radius 2 is 1.59 bits per heavy atom. The molecule has 1 fully saturated rings. The maximum Gasteiger partial charge on any atom is 0.343 e. The second-order valence-electron chi connectivity index (χ2n) is 8.30. The lowest BCUT2D eigenvalue weighted by Gasteiger charge is -2.13. The molecule has 0 aliphatic carbocycles. The summed E-state index contributed by atoms with van der Waals surface area (Å²) >= 11 is 0.767. The summed E-state index contributed by atoms with van der Waals surface area (Å²) in [5.41, 5.74) is 3.73. The lowest BCUT2D eigenvalue weighted by Crippen LogP contribution is -2.36. The molecule has 1 aliphatic heterocycles. The molecule has 1 aliphatic rings. The minimum atomic E-state index is -0.541. The second-order valence-corrected chi connectivity index (χ2v) is 9.30. The van der Waals surface area contributed by atoms with E-state index in [1.54, 1.807) is 67.8 Å². The molecule has 1 N–H and O–H groups in total. The fourth-order valence-corrected chi connectivity index (χ4v) is 4.31. The number of anilines is 1. The zero-order chi connectivity index (χ0) is 26.5. The van der Waals surface area contributed by atoms with Gasteiger partial charge >= 0.3 is 5.97 Å². The number of rotatable bonds is 7. The van der Waals surface area contributed by atoms with Crippen LogP contribution in [0.15, 0.2) is 71.6 Å². The Hall–Kier alpha value is -4.37. The van der Waals surface area contributed by atoms with Crippen LogP contribution in [0.1, 0.15) is 27.0 Å². The molecule has 188 valence electrons. The molecule has 9 heteroatoms. The van der Waals surface area contributed by atoms with Gasteiger partial charge < -0.3 is 14.8 Å². The van der Waals surface area contributed by atoms with E-state index >= 15 is 0 Å².